The lowest BCUT2D eigenvalue weighted by atomic mass is 10.2. The molecule has 2 aromatic rings. The summed E-state index contributed by atoms with van der Waals surface area (Å²) < 4.78 is 0. The number of aromatic nitrogens is 1. The van der Waals surface area contributed by atoms with Crippen LogP contribution < -0.4 is 10.6 Å². The summed E-state index contributed by atoms with van der Waals surface area (Å²) in [6.45, 7) is 1.39. The van der Waals surface area contributed by atoms with E-state index in [-0.39, 0.29) is 16.6 Å². The number of nitrogens with zero attached hydrogens (tertiary/aromatic N) is 1. The highest BCUT2D eigenvalue weighted by Gasteiger charge is 2.12. The summed E-state index contributed by atoms with van der Waals surface area (Å²) >= 11 is 11.9. The van der Waals surface area contributed by atoms with Crippen molar-refractivity contribution < 1.29 is 9.59 Å². The molecule has 0 saturated heterocycles. The standard InChI is InChI=1S/C14H11Cl2N3O2/c1-8(20)18-12-5-4-9(7-11(12)15)19-14(21)10-3-2-6-17-13(10)16/h2-7H,1H3,(H,18,20)(H,19,21). The van der Waals surface area contributed by atoms with Gasteiger partial charge in [-0.15, -0.1) is 0 Å². The van der Waals surface area contributed by atoms with Gasteiger partial charge < -0.3 is 10.6 Å². The van der Waals surface area contributed by atoms with Gasteiger partial charge in [-0.05, 0) is 30.3 Å². The predicted molar refractivity (Wildman–Crippen MR) is 83.0 cm³/mol. The van der Waals surface area contributed by atoms with E-state index in [2.05, 4.69) is 15.6 Å². The van der Waals surface area contributed by atoms with Gasteiger partial charge in [-0.2, -0.15) is 0 Å². The third-order valence-corrected chi connectivity index (χ3v) is 3.16. The lowest BCUT2D eigenvalue weighted by Gasteiger charge is -2.09. The van der Waals surface area contributed by atoms with E-state index >= 15 is 0 Å². The first-order valence-electron chi connectivity index (χ1n) is 5.96. The molecule has 0 spiro atoms. The first kappa shape index (κ1) is 15.3. The number of carbonyl (C=O) groups is 2. The molecule has 7 heteroatoms. The summed E-state index contributed by atoms with van der Waals surface area (Å²) in [6, 6.07) is 7.95. The van der Waals surface area contributed by atoms with Gasteiger partial charge in [0.15, 0.2) is 0 Å². The van der Waals surface area contributed by atoms with Crippen LogP contribution in [0.4, 0.5) is 11.4 Å². The van der Waals surface area contributed by atoms with Gasteiger partial charge in [0.2, 0.25) is 5.91 Å². The minimum Gasteiger partial charge on any atom is -0.325 e. The molecule has 0 saturated carbocycles. The number of pyridine rings is 1. The Balaban J connectivity index is 2.17. The number of rotatable bonds is 3. The lowest BCUT2D eigenvalue weighted by Crippen LogP contribution is -2.13. The average molecular weight is 324 g/mol. The van der Waals surface area contributed by atoms with Crippen molar-refractivity contribution in [3.05, 3.63) is 52.3 Å². The van der Waals surface area contributed by atoms with Gasteiger partial charge >= 0.3 is 0 Å². The molecule has 1 aromatic carbocycles. The third kappa shape index (κ3) is 3.93. The summed E-state index contributed by atoms with van der Waals surface area (Å²) in [5, 5.41) is 5.68. The number of halogens is 2. The van der Waals surface area contributed by atoms with E-state index in [4.69, 9.17) is 23.2 Å². The first-order valence-corrected chi connectivity index (χ1v) is 6.72. The van der Waals surface area contributed by atoms with Crippen LogP contribution in [0.2, 0.25) is 10.2 Å². The second-order valence-electron chi connectivity index (χ2n) is 4.17. The van der Waals surface area contributed by atoms with Crippen LogP contribution in [0.3, 0.4) is 0 Å². The van der Waals surface area contributed by atoms with E-state index < -0.39 is 5.91 Å². The molecule has 2 N–H and O–H groups in total. The molecule has 0 fully saturated rings. The molecule has 0 radical (unpaired) electrons. The topological polar surface area (TPSA) is 71.1 Å². The fourth-order valence-corrected chi connectivity index (χ4v) is 2.07. The Kier molecular flexibility index (Phi) is 4.77. The van der Waals surface area contributed by atoms with E-state index in [1.807, 2.05) is 0 Å². The minimum atomic E-state index is -0.392. The zero-order valence-electron chi connectivity index (χ0n) is 11.0. The van der Waals surface area contributed by atoms with Crippen LogP contribution in [0.25, 0.3) is 0 Å². The molecule has 0 aliphatic carbocycles. The number of nitrogens with one attached hydrogen (secondary N) is 2. The first-order chi connectivity index (χ1) is 9.97. The van der Waals surface area contributed by atoms with Gasteiger partial charge in [-0.1, -0.05) is 23.2 Å². The smallest absolute Gasteiger partial charge is 0.258 e. The van der Waals surface area contributed by atoms with E-state index in [1.165, 1.54) is 19.2 Å². The average Bonchev–Trinajstić information content (AvgIpc) is 2.42. The molecule has 0 bridgehead atoms. The van der Waals surface area contributed by atoms with Crippen LogP contribution in [-0.2, 0) is 4.79 Å². The van der Waals surface area contributed by atoms with Gasteiger partial charge in [0.05, 0.1) is 16.3 Å². The number of amides is 2. The molecule has 1 heterocycles. The Hall–Kier alpha value is -2.11. The summed E-state index contributed by atoms with van der Waals surface area (Å²) in [5.74, 6) is -0.618. The van der Waals surface area contributed by atoms with Gasteiger partial charge in [0.25, 0.3) is 5.91 Å². The molecule has 0 atom stereocenters. The van der Waals surface area contributed by atoms with Crippen molar-refractivity contribution >= 4 is 46.4 Å². The summed E-state index contributed by atoms with van der Waals surface area (Å²) in [5.41, 5.74) is 1.22. The molecule has 108 valence electrons. The molecule has 0 unspecified atom stereocenters. The quantitative estimate of drug-likeness (QED) is 0.848. The van der Waals surface area contributed by atoms with Crippen molar-refractivity contribution in [1.82, 2.24) is 4.98 Å². The molecule has 0 aliphatic rings. The predicted octanol–water partition coefficient (Wildman–Crippen LogP) is 3.60. The van der Waals surface area contributed by atoms with Crippen molar-refractivity contribution in [2.75, 3.05) is 10.6 Å². The zero-order valence-corrected chi connectivity index (χ0v) is 12.5. The molecule has 2 rings (SSSR count). The molecule has 5 nitrogen and oxygen atoms in total. The van der Waals surface area contributed by atoms with E-state index in [1.54, 1.807) is 24.3 Å². The Bertz CT molecular complexity index is 704. The molecule has 2 amide bonds. The normalized spacial score (nSPS) is 10.0. The molecule has 0 aliphatic heterocycles. The number of benzene rings is 1. The number of hydrogen-bond acceptors (Lipinski definition) is 3. The van der Waals surface area contributed by atoms with Crippen LogP contribution >= 0.6 is 23.2 Å². The van der Waals surface area contributed by atoms with Crippen LogP contribution in [0, 0.1) is 0 Å². The molecular weight excluding hydrogens is 313 g/mol. The van der Waals surface area contributed by atoms with Crippen molar-refractivity contribution in [2.24, 2.45) is 0 Å². The van der Waals surface area contributed by atoms with Crippen LogP contribution in [0.5, 0.6) is 0 Å². The summed E-state index contributed by atoms with van der Waals surface area (Å²) in [4.78, 5) is 26.9. The monoisotopic (exact) mass is 323 g/mol. The fourth-order valence-electron chi connectivity index (χ4n) is 1.64. The van der Waals surface area contributed by atoms with E-state index in [9.17, 15) is 9.59 Å². The highest BCUT2D eigenvalue weighted by atomic mass is 35.5. The Morgan fingerprint density at radius 2 is 1.90 bits per heavy atom. The maximum atomic E-state index is 12.1. The highest BCUT2D eigenvalue weighted by Crippen LogP contribution is 2.26. The fraction of sp³-hybridized carbons (Fsp3) is 0.0714. The summed E-state index contributed by atoms with van der Waals surface area (Å²) in [7, 11) is 0. The van der Waals surface area contributed by atoms with E-state index in [0.717, 1.165) is 0 Å². The summed E-state index contributed by atoms with van der Waals surface area (Å²) in [6.07, 6.45) is 1.50. The van der Waals surface area contributed by atoms with Crippen LogP contribution in [-0.4, -0.2) is 16.8 Å². The lowest BCUT2D eigenvalue weighted by molar-refractivity contribution is -0.114. The molecular formula is C14H11Cl2N3O2. The molecule has 21 heavy (non-hydrogen) atoms. The van der Waals surface area contributed by atoms with Crippen molar-refractivity contribution in [3.8, 4) is 0 Å². The number of carbonyl (C=O) groups excluding carboxylic acids is 2. The van der Waals surface area contributed by atoms with Crippen LogP contribution in [0.1, 0.15) is 17.3 Å². The van der Waals surface area contributed by atoms with Crippen LogP contribution in [0.15, 0.2) is 36.5 Å². The Labute approximate surface area is 131 Å². The number of anilines is 2. The Morgan fingerprint density at radius 1 is 1.14 bits per heavy atom. The van der Waals surface area contributed by atoms with Gasteiger partial charge in [0.1, 0.15) is 5.15 Å². The highest BCUT2D eigenvalue weighted by molar-refractivity contribution is 6.34. The molecule has 1 aromatic heterocycles. The maximum Gasteiger partial charge on any atom is 0.258 e. The van der Waals surface area contributed by atoms with Crippen molar-refractivity contribution in [1.29, 1.82) is 0 Å². The third-order valence-electron chi connectivity index (χ3n) is 2.54. The second-order valence-corrected chi connectivity index (χ2v) is 4.94. The SMILES string of the molecule is CC(=O)Nc1ccc(NC(=O)c2cccnc2Cl)cc1Cl. The van der Waals surface area contributed by atoms with Gasteiger partial charge in [-0.25, -0.2) is 4.98 Å². The maximum absolute atomic E-state index is 12.1. The second kappa shape index (κ2) is 6.56. The van der Waals surface area contributed by atoms with Gasteiger partial charge in [-0.3, -0.25) is 9.59 Å². The van der Waals surface area contributed by atoms with Gasteiger partial charge in [0, 0.05) is 18.8 Å². The van der Waals surface area contributed by atoms with Crippen molar-refractivity contribution in [2.45, 2.75) is 6.92 Å². The Morgan fingerprint density at radius 3 is 2.52 bits per heavy atom. The van der Waals surface area contributed by atoms with E-state index in [0.29, 0.717) is 16.4 Å². The minimum absolute atomic E-state index is 0.121. The zero-order chi connectivity index (χ0) is 15.4. The largest absolute Gasteiger partial charge is 0.325 e. The van der Waals surface area contributed by atoms with Crippen molar-refractivity contribution in [3.63, 3.8) is 0 Å². The number of hydrogen-bond donors (Lipinski definition) is 2.